The smallest absolute Gasteiger partial charge is 0.412 e. The van der Waals surface area contributed by atoms with Crippen LogP contribution in [0, 0.1) is 0 Å². The molecule has 11 nitrogen and oxygen atoms in total. The molecule has 300 valence electrons. The van der Waals surface area contributed by atoms with Crippen LogP contribution in [-0.4, -0.2) is 52.4 Å². The van der Waals surface area contributed by atoms with Gasteiger partial charge in [-0.15, -0.1) is 0 Å². The number of hydrogen-bond acceptors (Lipinski definition) is 6. The number of anilines is 2. The summed E-state index contributed by atoms with van der Waals surface area (Å²) in [4.78, 5) is 54.7. The van der Waals surface area contributed by atoms with Crippen LogP contribution >= 0.6 is 0 Å². The number of rotatable bonds is 17. The first-order chi connectivity index (χ1) is 28.7. The summed E-state index contributed by atoms with van der Waals surface area (Å²) in [6.07, 6.45) is -2.51. The maximum Gasteiger partial charge on any atom is 0.412 e. The molecule has 0 unspecified atom stereocenters. The number of amides is 4. The average molecular weight is 791 g/mol. The van der Waals surface area contributed by atoms with Gasteiger partial charge in [-0.3, -0.25) is 19.8 Å². The van der Waals surface area contributed by atoms with Crippen LogP contribution in [0.3, 0.4) is 0 Å². The zero-order valence-electron chi connectivity index (χ0n) is 32.3. The van der Waals surface area contributed by atoms with Gasteiger partial charge in [0, 0.05) is 6.04 Å². The van der Waals surface area contributed by atoms with E-state index < -0.39 is 42.2 Å². The first-order valence-corrected chi connectivity index (χ1v) is 19.3. The summed E-state index contributed by atoms with van der Waals surface area (Å²) in [6.45, 7) is 0.0702. The number of benzene rings is 6. The van der Waals surface area contributed by atoms with Gasteiger partial charge in [0.15, 0.2) is 0 Å². The number of carbonyl (C=O) groups is 4. The second-order valence-corrected chi connectivity index (χ2v) is 14.0. The lowest BCUT2D eigenvalue weighted by atomic mass is 9.93. The van der Waals surface area contributed by atoms with Crippen LogP contribution in [0.25, 0.3) is 0 Å². The molecule has 5 N–H and O–H groups in total. The Bertz CT molecular complexity index is 2290. The van der Waals surface area contributed by atoms with E-state index in [-0.39, 0.29) is 48.5 Å². The van der Waals surface area contributed by atoms with Gasteiger partial charge in [0.2, 0.25) is 0 Å². The summed E-state index contributed by atoms with van der Waals surface area (Å²) in [6, 6.07) is 48.8. The molecular weight excluding hydrogens is 745 g/mol. The van der Waals surface area contributed by atoms with Crippen molar-refractivity contribution in [3.63, 3.8) is 0 Å². The number of carboxylic acid groups (broad SMARTS) is 1. The van der Waals surface area contributed by atoms with Gasteiger partial charge < -0.3 is 25.6 Å². The summed E-state index contributed by atoms with van der Waals surface area (Å²) < 4.78 is 5.40. The van der Waals surface area contributed by atoms with E-state index in [1.165, 1.54) is 0 Å². The van der Waals surface area contributed by atoms with Crippen molar-refractivity contribution in [1.82, 2.24) is 10.6 Å². The van der Waals surface area contributed by atoms with E-state index in [2.05, 4.69) is 16.0 Å². The van der Waals surface area contributed by atoms with Crippen molar-refractivity contribution >= 4 is 35.4 Å². The van der Waals surface area contributed by atoms with Crippen LogP contribution in [0.2, 0.25) is 0 Å². The summed E-state index contributed by atoms with van der Waals surface area (Å²) in [5.41, 5.74) is 4.08. The zero-order valence-corrected chi connectivity index (χ0v) is 32.3. The Kier molecular flexibility index (Phi) is 14.6. The minimum Gasteiger partial charge on any atom is -0.465 e. The number of hydrogen-bond donors (Lipinski definition) is 5. The monoisotopic (exact) mass is 790 g/mol. The topological polar surface area (TPSA) is 157 Å². The molecule has 6 aromatic rings. The lowest BCUT2D eigenvalue weighted by molar-refractivity contribution is 0.0756. The highest BCUT2D eigenvalue weighted by Gasteiger charge is 2.29. The molecule has 0 heterocycles. The van der Waals surface area contributed by atoms with E-state index in [1.54, 1.807) is 48.5 Å². The predicted octanol–water partition coefficient (Wildman–Crippen LogP) is 8.25. The Morgan fingerprint density at radius 1 is 0.559 bits per heavy atom. The van der Waals surface area contributed by atoms with Crippen LogP contribution < -0.4 is 20.9 Å². The largest absolute Gasteiger partial charge is 0.465 e. The van der Waals surface area contributed by atoms with Crippen molar-refractivity contribution in [2.75, 3.05) is 10.2 Å². The number of nitrogens with zero attached hydrogens (tertiary/aromatic N) is 1. The molecule has 0 bridgehead atoms. The van der Waals surface area contributed by atoms with E-state index in [0.717, 1.165) is 27.2 Å². The fourth-order valence-corrected chi connectivity index (χ4v) is 6.79. The third-order valence-electron chi connectivity index (χ3n) is 9.74. The van der Waals surface area contributed by atoms with Crippen LogP contribution in [0.4, 0.5) is 21.0 Å². The van der Waals surface area contributed by atoms with Crippen molar-refractivity contribution in [1.29, 1.82) is 0 Å². The Morgan fingerprint density at radius 3 is 1.66 bits per heavy atom. The Hall–Kier alpha value is -7.24. The van der Waals surface area contributed by atoms with E-state index in [4.69, 9.17) is 4.74 Å². The fourth-order valence-electron chi connectivity index (χ4n) is 6.79. The molecule has 11 heteroatoms. The van der Waals surface area contributed by atoms with Crippen LogP contribution in [0.1, 0.15) is 49.4 Å². The SMILES string of the molecule is O=C(Nc1ccccc1C(=O)N[C@@H](Cc1ccccc1)C[C@H](O)[C@H](Cc1ccccc1)NC(=O)c1ccccc1N(Cc1ccccc1)C(=O)O)OCc1ccccc1. The molecule has 0 spiro atoms. The minimum atomic E-state index is -1.23. The molecule has 0 radical (unpaired) electrons. The number of aliphatic hydroxyl groups excluding tert-OH is 1. The number of aliphatic hydroxyl groups is 1. The number of para-hydroxylation sites is 2. The Morgan fingerprint density at radius 2 is 1.05 bits per heavy atom. The second kappa shape index (κ2) is 20.8. The van der Waals surface area contributed by atoms with Crippen molar-refractivity contribution in [2.24, 2.45) is 0 Å². The van der Waals surface area contributed by atoms with E-state index in [0.29, 0.717) is 6.42 Å². The fraction of sp³-hybridized carbons (Fsp3) is 0.167. The maximum absolute atomic E-state index is 14.2. The number of carbonyl (C=O) groups excluding carboxylic acids is 3. The summed E-state index contributed by atoms with van der Waals surface area (Å²) in [5.74, 6) is -1.05. The first-order valence-electron chi connectivity index (χ1n) is 19.3. The molecule has 6 rings (SSSR count). The molecule has 6 aromatic carbocycles. The van der Waals surface area contributed by atoms with E-state index >= 15 is 0 Å². The Labute approximate surface area is 343 Å². The van der Waals surface area contributed by atoms with Gasteiger partial charge in [-0.05, 0) is 65.8 Å². The van der Waals surface area contributed by atoms with Gasteiger partial charge in [0.05, 0.1) is 41.2 Å². The van der Waals surface area contributed by atoms with Crippen LogP contribution in [-0.2, 0) is 30.7 Å². The third-order valence-corrected chi connectivity index (χ3v) is 9.74. The first kappa shape index (κ1) is 41.4. The standard InChI is InChI=1S/C48H46N4O7/c53-44(42(30-35-19-7-2-8-20-35)50-46(55)40-26-14-16-28-43(40)52(48(57)58)32-36-21-9-3-10-22-36)31-38(29-34-17-5-1-6-18-34)49-45(54)39-25-13-15-27-41(39)51-47(56)59-33-37-23-11-4-12-24-37/h1-28,38,42,44,53H,29-33H2,(H,49,54)(H,50,55)(H,51,56)(H,57,58)/t38-,42-,44-/m0/s1. The van der Waals surface area contributed by atoms with E-state index in [1.807, 2.05) is 121 Å². The average Bonchev–Trinajstić information content (AvgIpc) is 3.26. The van der Waals surface area contributed by atoms with E-state index in [9.17, 15) is 29.4 Å². The third kappa shape index (κ3) is 12.1. The van der Waals surface area contributed by atoms with Gasteiger partial charge in [-0.2, -0.15) is 0 Å². The highest BCUT2D eigenvalue weighted by Crippen LogP contribution is 2.25. The Balaban J connectivity index is 1.23. The number of nitrogens with one attached hydrogen (secondary N) is 3. The minimum absolute atomic E-state index is 0.0188. The van der Waals surface area contributed by atoms with Gasteiger partial charge in [-0.1, -0.05) is 146 Å². The van der Waals surface area contributed by atoms with Crippen molar-refractivity contribution in [3.05, 3.63) is 203 Å². The molecule has 0 saturated heterocycles. The molecule has 0 aliphatic carbocycles. The van der Waals surface area contributed by atoms with Gasteiger partial charge >= 0.3 is 12.2 Å². The molecule has 0 saturated carbocycles. The van der Waals surface area contributed by atoms with Crippen LogP contribution in [0.5, 0.6) is 0 Å². The molecule has 59 heavy (non-hydrogen) atoms. The summed E-state index contributed by atoms with van der Waals surface area (Å²) in [5, 5.41) is 31.1. The van der Waals surface area contributed by atoms with Gasteiger partial charge in [0.1, 0.15) is 6.61 Å². The zero-order chi connectivity index (χ0) is 41.4. The van der Waals surface area contributed by atoms with Crippen molar-refractivity contribution < 1.29 is 34.1 Å². The normalized spacial score (nSPS) is 12.3. The molecule has 4 amide bonds. The quantitative estimate of drug-likeness (QED) is 0.0623. The van der Waals surface area contributed by atoms with Crippen molar-refractivity contribution in [2.45, 2.75) is 50.6 Å². The second-order valence-electron chi connectivity index (χ2n) is 14.0. The van der Waals surface area contributed by atoms with Gasteiger partial charge in [0.25, 0.3) is 11.8 Å². The molecule has 0 aromatic heterocycles. The van der Waals surface area contributed by atoms with Crippen molar-refractivity contribution in [3.8, 4) is 0 Å². The van der Waals surface area contributed by atoms with Gasteiger partial charge in [-0.25, -0.2) is 9.59 Å². The summed E-state index contributed by atoms with van der Waals surface area (Å²) >= 11 is 0. The molecule has 3 atom stereocenters. The highest BCUT2D eigenvalue weighted by atomic mass is 16.5. The molecule has 0 aliphatic heterocycles. The maximum atomic E-state index is 14.2. The lowest BCUT2D eigenvalue weighted by Gasteiger charge is -2.29. The van der Waals surface area contributed by atoms with Crippen LogP contribution in [0.15, 0.2) is 170 Å². The number of ether oxygens (including phenoxy) is 1. The predicted molar refractivity (Wildman–Crippen MR) is 227 cm³/mol. The lowest BCUT2D eigenvalue weighted by Crippen LogP contribution is -2.49. The summed E-state index contributed by atoms with van der Waals surface area (Å²) in [7, 11) is 0. The molecular formula is C48H46N4O7. The highest BCUT2D eigenvalue weighted by molar-refractivity contribution is 6.04. The molecule has 0 aliphatic rings. The molecule has 0 fully saturated rings.